The van der Waals surface area contributed by atoms with Crippen molar-refractivity contribution in [2.24, 2.45) is 0 Å². The van der Waals surface area contributed by atoms with Gasteiger partial charge in [-0.3, -0.25) is 0 Å². The summed E-state index contributed by atoms with van der Waals surface area (Å²) in [4.78, 5) is 0. The molecule has 1 fully saturated rings. The smallest absolute Gasteiger partial charge is 0.216 e. The first kappa shape index (κ1) is 12.9. The minimum atomic E-state index is -3.24. The molecule has 90 valence electrons. The lowest BCUT2D eigenvalue weighted by Gasteiger charge is -2.30. The van der Waals surface area contributed by atoms with Crippen LogP contribution in [0, 0.1) is 0 Å². The molecule has 0 aromatic rings. The average Bonchev–Trinajstić information content (AvgIpc) is 2.06. The summed E-state index contributed by atoms with van der Waals surface area (Å²) in [5.41, 5.74) is 0. The van der Waals surface area contributed by atoms with Gasteiger partial charge in [-0.05, 0) is 40.5 Å². The van der Waals surface area contributed by atoms with Crippen molar-refractivity contribution in [1.82, 2.24) is 4.72 Å². The van der Waals surface area contributed by atoms with Crippen molar-refractivity contribution in [3.8, 4) is 0 Å². The van der Waals surface area contributed by atoms with E-state index in [0.29, 0.717) is 6.61 Å². The Labute approximate surface area is 92.4 Å². The summed E-state index contributed by atoms with van der Waals surface area (Å²) in [6, 6.07) is -0.0644. The molecule has 0 aliphatic carbocycles. The van der Waals surface area contributed by atoms with Crippen molar-refractivity contribution in [3.05, 3.63) is 0 Å². The number of hydrogen-bond acceptors (Lipinski definition) is 3. The number of hydrogen-bond donors (Lipinski definition) is 1. The van der Waals surface area contributed by atoms with E-state index >= 15 is 0 Å². The van der Waals surface area contributed by atoms with Crippen LogP contribution in [0.4, 0.5) is 0 Å². The Morgan fingerprint density at radius 1 is 1.27 bits per heavy atom. The van der Waals surface area contributed by atoms with Gasteiger partial charge in [-0.1, -0.05) is 0 Å². The number of ether oxygens (including phenoxy) is 1. The van der Waals surface area contributed by atoms with Crippen molar-refractivity contribution >= 4 is 10.0 Å². The molecule has 0 unspecified atom stereocenters. The van der Waals surface area contributed by atoms with Crippen molar-refractivity contribution in [3.63, 3.8) is 0 Å². The van der Waals surface area contributed by atoms with E-state index in [2.05, 4.69) is 4.72 Å². The van der Waals surface area contributed by atoms with Gasteiger partial charge < -0.3 is 4.74 Å². The van der Waals surface area contributed by atoms with E-state index in [1.54, 1.807) is 20.8 Å². The topological polar surface area (TPSA) is 55.4 Å². The Kier molecular flexibility index (Phi) is 3.79. The van der Waals surface area contributed by atoms with Crippen LogP contribution in [0.25, 0.3) is 0 Å². The molecular weight excluding hydrogens is 214 g/mol. The molecule has 1 N–H and O–H groups in total. The van der Waals surface area contributed by atoms with Gasteiger partial charge in [0.25, 0.3) is 0 Å². The Morgan fingerprint density at radius 3 is 2.27 bits per heavy atom. The first-order chi connectivity index (χ1) is 6.72. The van der Waals surface area contributed by atoms with Gasteiger partial charge >= 0.3 is 0 Å². The molecule has 15 heavy (non-hydrogen) atoms. The van der Waals surface area contributed by atoms with E-state index < -0.39 is 14.8 Å². The summed E-state index contributed by atoms with van der Waals surface area (Å²) in [5.74, 6) is 0. The first-order valence-corrected chi connectivity index (χ1v) is 6.84. The van der Waals surface area contributed by atoms with E-state index in [4.69, 9.17) is 4.74 Å². The van der Waals surface area contributed by atoms with Gasteiger partial charge in [-0.25, -0.2) is 13.1 Å². The van der Waals surface area contributed by atoms with E-state index in [-0.39, 0.29) is 12.1 Å². The second kappa shape index (κ2) is 4.39. The lowest BCUT2D eigenvalue weighted by atomic mass is 10.1. The molecule has 4 nitrogen and oxygen atoms in total. The fourth-order valence-corrected chi connectivity index (χ4v) is 2.35. The van der Waals surface area contributed by atoms with Crippen molar-refractivity contribution < 1.29 is 13.2 Å². The summed E-state index contributed by atoms with van der Waals surface area (Å²) in [6.07, 6.45) is 2.02. The fraction of sp³-hybridized carbons (Fsp3) is 1.00. The zero-order valence-corrected chi connectivity index (χ0v) is 10.7. The Balaban J connectivity index is 2.56. The maximum atomic E-state index is 11.8. The minimum absolute atomic E-state index is 0.0644. The average molecular weight is 235 g/mol. The monoisotopic (exact) mass is 235 g/mol. The number of rotatable bonds is 2. The second-order valence-electron chi connectivity index (χ2n) is 5.15. The molecule has 0 aromatic carbocycles. The van der Waals surface area contributed by atoms with Crippen LogP contribution in [-0.4, -0.2) is 31.9 Å². The number of nitrogens with one attached hydrogen (secondary N) is 1. The highest BCUT2D eigenvalue weighted by Crippen LogP contribution is 2.18. The summed E-state index contributed by atoms with van der Waals surface area (Å²) >= 11 is 0. The maximum absolute atomic E-state index is 11.8. The SMILES string of the molecule is C[C@@H]1CC[C@H](NS(=O)(=O)C(C)(C)C)CO1. The fourth-order valence-electron chi connectivity index (χ4n) is 1.37. The van der Waals surface area contributed by atoms with Gasteiger partial charge in [0, 0.05) is 6.04 Å². The summed E-state index contributed by atoms with van der Waals surface area (Å²) < 4.78 is 31.0. The van der Waals surface area contributed by atoms with E-state index in [1.807, 2.05) is 6.92 Å². The van der Waals surface area contributed by atoms with Gasteiger partial charge in [-0.15, -0.1) is 0 Å². The lowest BCUT2D eigenvalue weighted by Crippen LogP contribution is -2.48. The molecule has 0 aromatic heterocycles. The van der Waals surface area contributed by atoms with Crippen molar-refractivity contribution in [1.29, 1.82) is 0 Å². The molecule has 0 spiro atoms. The highest BCUT2D eigenvalue weighted by Gasteiger charge is 2.32. The largest absolute Gasteiger partial charge is 0.377 e. The highest BCUT2D eigenvalue weighted by atomic mass is 32.2. The Morgan fingerprint density at radius 2 is 1.87 bits per heavy atom. The Bertz CT molecular complexity index is 297. The summed E-state index contributed by atoms with van der Waals surface area (Å²) in [7, 11) is -3.24. The predicted molar refractivity (Wildman–Crippen MR) is 60.2 cm³/mol. The van der Waals surface area contributed by atoms with E-state index in [1.165, 1.54) is 0 Å². The molecular formula is C10H21NO3S. The summed E-state index contributed by atoms with van der Waals surface area (Å²) in [5, 5.41) is 0. The van der Waals surface area contributed by atoms with Crippen molar-refractivity contribution in [2.75, 3.05) is 6.61 Å². The molecule has 5 heteroatoms. The predicted octanol–water partition coefficient (Wildman–Crippen LogP) is 1.27. The first-order valence-electron chi connectivity index (χ1n) is 5.36. The molecule has 1 rings (SSSR count). The molecule has 1 aliphatic heterocycles. The quantitative estimate of drug-likeness (QED) is 0.784. The zero-order chi connectivity index (χ0) is 11.7. The number of sulfonamides is 1. The third-order valence-electron chi connectivity index (χ3n) is 2.63. The normalized spacial score (nSPS) is 29.1. The van der Waals surface area contributed by atoms with Crippen LogP contribution in [0.15, 0.2) is 0 Å². The van der Waals surface area contributed by atoms with E-state index in [9.17, 15) is 8.42 Å². The summed E-state index contributed by atoms with van der Waals surface area (Å²) in [6.45, 7) is 7.58. The maximum Gasteiger partial charge on any atom is 0.216 e. The third kappa shape index (κ3) is 3.43. The molecule has 1 heterocycles. The molecule has 0 bridgehead atoms. The van der Waals surface area contributed by atoms with Crippen LogP contribution in [-0.2, 0) is 14.8 Å². The van der Waals surface area contributed by atoms with Crippen LogP contribution in [0.1, 0.15) is 40.5 Å². The molecule has 0 amide bonds. The lowest BCUT2D eigenvalue weighted by molar-refractivity contribution is 0.0135. The van der Waals surface area contributed by atoms with Crippen LogP contribution < -0.4 is 4.72 Å². The third-order valence-corrected chi connectivity index (χ3v) is 4.89. The second-order valence-corrected chi connectivity index (χ2v) is 7.62. The van der Waals surface area contributed by atoms with Crippen LogP contribution in [0.3, 0.4) is 0 Å². The van der Waals surface area contributed by atoms with Crippen molar-refractivity contribution in [2.45, 2.75) is 57.4 Å². The Hall–Kier alpha value is -0.130. The molecule has 2 atom stereocenters. The van der Waals surface area contributed by atoms with Gasteiger partial charge in [-0.2, -0.15) is 0 Å². The van der Waals surface area contributed by atoms with Crippen LogP contribution >= 0.6 is 0 Å². The molecule has 1 saturated heterocycles. The van der Waals surface area contributed by atoms with E-state index in [0.717, 1.165) is 12.8 Å². The van der Waals surface area contributed by atoms with Gasteiger partial charge in [0.1, 0.15) is 0 Å². The van der Waals surface area contributed by atoms with Crippen LogP contribution in [0.5, 0.6) is 0 Å². The minimum Gasteiger partial charge on any atom is -0.377 e. The highest BCUT2D eigenvalue weighted by molar-refractivity contribution is 7.90. The molecule has 0 radical (unpaired) electrons. The standard InChI is InChI=1S/C10H21NO3S/c1-8-5-6-9(7-14-8)11-15(12,13)10(2,3)4/h8-9,11H,5-7H2,1-4H3/t8-,9+/m1/s1. The van der Waals surface area contributed by atoms with Gasteiger partial charge in [0.15, 0.2) is 0 Å². The van der Waals surface area contributed by atoms with Gasteiger partial charge in [0.05, 0.1) is 17.5 Å². The van der Waals surface area contributed by atoms with Gasteiger partial charge in [0.2, 0.25) is 10.0 Å². The molecule has 1 aliphatic rings. The van der Waals surface area contributed by atoms with Crippen LogP contribution in [0.2, 0.25) is 0 Å². The molecule has 0 saturated carbocycles. The zero-order valence-electron chi connectivity index (χ0n) is 9.91.